The highest BCUT2D eigenvalue weighted by molar-refractivity contribution is 7.07. The van der Waals surface area contributed by atoms with E-state index in [1.807, 2.05) is 20.8 Å². The van der Waals surface area contributed by atoms with Crippen LogP contribution < -0.4 is 33.8 Å². The van der Waals surface area contributed by atoms with Crippen molar-refractivity contribution in [3.05, 3.63) is 77.4 Å². The molecule has 1 aliphatic heterocycles. The van der Waals surface area contributed by atoms with Gasteiger partial charge in [-0.1, -0.05) is 29.0 Å². The Morgan fingerprint density at radius 3 is 2.39 bits per heavy atom. The minimum absolute atomic E-state index is 0.125. The molecule has 0 N–H and O–H groups in total. The second-order valence-electron chi connectivity index (χ2n) is 10.2. The fourth-order valence-corrected chi connectivity index (χ4v) is 6.13. The van der Waals surface area contributed by atoms with Gasteiger partial charge >= 0.3 is 11.9 Å². The highest BCUT2D eigenvalue weighted by atomic mass is 35.5. The van der Waals surface area contributed by atoms with E-state index in [4.69, 9.17) is 35.3 Å². The number of halogens is 1. The Bertz CT molecular complexity index is 1830. The van der Waals surface area contributed by atoms with Crippen LogP contribution in [-0.4, -0.2) is 56.1 Å². The van der Waals surface area contributed by atoms with Gasteiger partial charge in [0.25, 0.3) is 5.56 Å². The largest absolute Gasteiger partial charge is 0.490 e. The Labute approximate surface area is 275 Å². The van der Waals surface area contributed by atoms with E-state index in [1.165, 1.54) is 23.0 Å². The van der Waals surface area contributed by atoms with E-state index < -0.39 is 18.0 Å². The van der Waals surface area contributed by atoms with Gasteiger partial charge in [0, 0.05) is 0 Å². The molecule has 2 aromatic carbocycles. The minimum atomic E-state index is -0.893. The molecular weight excluding hydrogens is 636 g/mol. The first kappa shape index (κ1) is 34.6. The van der Waals surface area contributed by atoms with Crippen molar-refractivity contribution >= 4 is 41.0 Å². The van der Waals surface area contributed by atoms with Gasteiger partial charge in [0.2, 0.25) is 0 Å². The lowest BCUT2D eigenvalue weighted by Crippen LogP contribution is -2.40. The van der Waals surface area contributed by atoms with Gasteiger partial charge in [-0.2, -0.15) is 0 Å². The third-order valence-electron chi connectivity index (χ3n) is 6.66. The molecule has 13 heteroatoms. The lowest BCUT2D eigenvalue weighted by atomic mass is 9.95. The molecule has 4 rings (SSSR count). The Morgan fingerprint density at radius 2 is 1.74 bits per heavy atom. The molecule has 246 valence electrons. The van der Waals surface area contributed by atoms with Crippen LogP contribution in [0.15, 0.2) is 51.4 Å². The predicted molar refractivity (Wildman–Crippen MR) is 174 cm³/mol. The maximum absolute atomic E-state index is 14.1. The first-order valence-electron chi connectivity index (χ1n) is 14.8. The molecule has 0 spiro atoms. The molecule has 46 heavy (non-hydrogen) atoms. The lowest BCUT2D eigenvalue weighted by Gasteiger charge is -2.25. The van der Waals surface area contributed by atoms with Crippen LogP contribution in [0, 0.1) is 0 Å². The normalized spacial score (nSPS) is 14.5. The van der Waals surface area contributed by atoms with Gasteiger partial charge < -0.3 is 28.4 Å². The van der Waals surface area contributed by atoms with Crippen LogP contribution in [0.25, 0.3) is 6.08 Å². The fourth-order valence-electron chi connectivity index (χ4n) is 4.82. The lowest BCUT2D eigenvalue weighted by molar-refractivity contribution is -0.143. The number of carbonyl (C=O) groups excluding carboxylic acids is 2. The highest BCUT2D eigenvalue weighted by Crippen LogP contribution is 2.38. The molecule has 0 unspecified atom stereocenters. The minimum Gasteiger partial charge on any atom is -0.490 e. The van der Waals surface area contributed by atoms with Crippen LogP contribution in [0.4, 0.5) is 0 Å². The Hall–Kier alpha value is -4.29. The Kier molecular flexibility index (Phi) is 11.5. The quantitative estimate of drug-likeness (QED) is 0.240. The first-order chi connectivity index (χ1) is 22.0. The number of rotatable bonds is 13. The molecule has 1 atom stereocenters. The molecule has 0 radical (unpaired) electrons. The number of hydrogen-bond acceptors (Lipinski definition) is 11. The number of carbonyl (C=O) groups is 2. The SMILES string of the molecule is CCOC(=O)C1=C(C)N=c2s/c(=C/c3cc(Cl)c(OC(C)C)c(OCC)c3)c(=O)n2[C@H]1c1ccc(OCC(=O)OC)c(OCC)c1. The molecule has 0 amide bonds. The average molecular weight is 673 g/mol. The van der Waals surface area contributed by atoms with Gasteiger partial charge in [-0.3, -0.25) is 9.36 Å². The molecule has 1 aromatic heterocycles. The third kappa shape index (κ3) is 7.56. The average Bonchev–Trinajstić information content (AvgIpc) is 3.31. The van der Waals surface area contributed by atoms with E-state index >= 15 is 0 Å². The van der Waals surface area contributed by atoms with Crippen LogP contribution in [-0.2, 0) is 19.1 Å². The van der Waals surface area contributed by atoms with Crippen molar-refractivity contribution in [2.45, 2.75) is 53.7 Å². The number of methoxy groups -OCH3 is 1. The van der Waals surface area contributed by atoms with Crippen molar-refractivity contribution in [3.8, 4) is 23.0 Å². The van der Waals surface area contributed by atoms with Gasteiger partial charge in [0.05, 0.1) is 59.9 Å². The van der Waals surface area contributed by atoms with E-state index in [9.17, 15) is 14.4 Å². The number of benzene rings is 2. The maximum Gasteiger partial charge on any atom is 0.343 e. The summed E-state index contributed by atoms with van der Waals surface area (Å²) in [5, 5.41) is 0.343. The van der Waals surface area contributed by atoms with Gasteiger partial charge in [-0.05, 0) is 83.0 Å². The van der Waals surface area contributed by atoms with Crippen molar-refractivity contribution in [1.82, 2.24) is 4.57 Å². The second kappa shape index (κ2) is 15.3. The summed E-state index contributed by atoms with van der Waals surface area (Å²) in [6.07, 6.45) is 1.58. The molecular formula is C33H37ClN2O9S. The van der Waals surface area contributed by atoms with Crippen molar-refractivity contribution < 1.29 is 38.0 Å². The first-order valence-corrected chi connectivity index (χ1v) is 16.0. The predicted octanol–water partition coefficient (Wildman–Crippen LogP) is 4.59. The number of nitrogens with zero attached hydrogens (tertiary/aromatic N) is 2. The fraction of sp³-hybridized carbons (Fsp3) is 0.394. The summed E-state index contributed by atoms with van der Waals surface area (Å²) in [4.78, 5) is 44.2. The Balaban J connectivity index is 1.90. The third-order valence-corrected chi connectivity index (χ3v) is 7.92. The summed E-state index contributed by atoms with van der Waals surface area (Å²) >= 11 is 7.78. The molecule has 0 saturated heterocycles. The van der Waals surface area contributed by atoms with Gasteiger partial charge in [0.15, 0.2) is 34.4 Å². The molecule has 3 aromatic rings. The number of esters is 2. The number of fused-ring (bicyclic) bond motifs is 1. The second-order valence-corrected chi connectivity index (χ2v) is 11.7. The molecule has 0 saturated carbocycles. The Morgan fingerprint density at radius 1 is 1.02 bits per heavy atom. The molecule has 2 heterocycles. The number of aromatic nitrogens is 1. The molecule has 11 nitrogen and oxygen atoms in total. The highest BCUT2D eigenvalue weighted by Gasteiger charge is 2.34. The number of ether oxygens (including phenoxy) is 6. The summed E-state index contributed by atoms with van der Waals surface area (Å²) in [6.45, 7) is 11.4. The van der Waals surface area contributed by atoms with Gasteiger partial charge in [-0.15, -0.1) is 0 Å². The van der Waals surface area contributed by atoms with Crippen molar-refractivity contribution in [3.63, 3.8) is 0 Å². The summed E-state index contributed by atoms with van der Waals surface area (Å²) in [5.41, 5.74) is 1.43. The van der Waals surface area contributed by atoms with Gasteiger partial charge in [-0.25, -0.2) is 14.6 Å². The molecule has 0 bridgehead atoms. The summed E-state index contributed by atoms with van der Waals surface area (Å²) in [7, 11) is 1.27. The molecule has 1 aliphatic rings. The zero-order valence-corrected chi connectivity index (χ0v) is 28.4. The number of allylic oxidation sites excluding steroid dienone is 1. The smallest absolute Gasteiger partial charge is 0.343 e. The van der Waals surface area contributed by atoms with Crippen LogP contribution in [0.1, 0.15) is 58.7 Å². The molecule has 0 aliphatic carbocycles. The van der Waals surface area contributed by atoms with E-state index in [0.717, 1.165) is 0 Å². The van der Waals surface area contributed by atoms with E-state index in [0.29, 0.717) is 67.4 Å². The van der Waals surface area contributed by atoms with Crippen molar-refractivity contribution in [2.75, 3.05) is 33.5 Å². The summed E-state index contributed by atoms with van der Waals surface area (Å²) in [6, 6.07) is 7.58. The zero-order valence-electron chi connectivity index (χ0n) is 26.8. The van der Waals surface area contributed by atoms with E-state index in [1.54, 1.807) is 57.2 Å². The monoisotopic (exact) mass is 672 g/mol. The van der Waals surface area contributed by atoms with Crippen LogP contribution in [0.2, 0.25) is 5.02 Å². The van der Waals surface area contributed by atoms with Crippen molar-refractivity contribution in [2.24, 2.45) is 4.99 Å². The summed E-state index contributed by atoms with van der Waals surface area (Å²) in [5.74, 6) is 0.355. The summed E-state index contributed by atoms with van der Waals surface area (Å²) < 4.78 is 35.0. The van der Waals surface area contributed by atoms with E-state index in [2.05, 4.69) is 9.73 Å². The number of thiazole rings is 1. The number of hydrogen-bond donors (Lipinski definition) is 0. The zero-order chi connectivity index (χ0) is 33.5. The topological polar surface area (TPSA) is 124 Å². The standard InChI is InChI=1S/C33H37ClN2O9S/c1-8-41-24-16-21(11-12-23(24)44-17-27(37)40-7)29-28(32(39)43-10-3)19(6)35-33-36(29)31(38)26(46-33)15-20-13-22(34)30(45-18(4)5)25(14-20)42-9-2/h11-16,18,29H,8-10,17H2,1-7H3/b26-15+/t29-/m0/s1. The van der Waals surface area contributed by atoms with Crippen LogP contribution >= 0.6 is 22.9 Å². The van der Waals surface area contributed by atoms with Crippen LogP contribution in [0.3, 0.4) is 0 Å². The molecule has 0 fully saturated rings. The van der Waals surface area contributed by atoms with Crippen LogP contribution in [0.5, 0.6) is 23.0 Å². The van der Waals surface area contributed by atoms with E-state index in [-0.39, 0.29) is 30.5 Å². The van der Waals surface area contributed by atoms with Gasteiger partial charge in [0.1, 0.15) is 0 Å². The van der Waals surface area contributed by atoms with Crippen molar-refractivity contribution in [1.29, 1.82) is 0 Å². The maximum atomic E-state index is 14.1.